The first-order valence-corrected chi connectivity index (χ1v) is 8.59. The third-order valence-electron chi connectivity index (χ3n) is 4.17. The summed E-state index contributed by atoms with van der Waals surface area (Å²) in [4.78, 5) is 16.8. The summed E-state index contributed by atoms with van der Waals surface area (Å²) in [5.41, 5.74) is 0.744. The molecule has 7 heteroatoms. The Morgan fingerprint density at radius 3 is 2.24 bits per heavy atom. The monoisotopic (exact) mass is 394 g/mol. The Morgan fingerprint density at radius 2 is 1.52 bits per heavy atom. The Hall–Kier alpha value is -3.87. The molecule has 0 aliphatic carbocycles. The molecule has 4 aromatic rings. The molecular weight excluding hydrogens is 381 g/mol. The summed E-state index contributed by atoms with van der Waals surface area (Å²) in [6.07, 6.45) is 1.37. The predicted octanol–water partition coefficient (Wildman–Crippen LogP) is 5.68. The smallest absolute Gasteiger partial charge is 0.256 e. The molecule has 0 bridgehead atoms. The fourth-order valence-corrected chi connectivity index (χ4v) is 2.88. The Bertz CT molecular complexity index is 1180. The topological polar surface area (TPSA) is 55.1 Å². The van der Waals surface area contributed by atoms with E-state index in [4.69, 9.17) is 4.42 Å². The minimum atomic E-state index is -0.809. The quantitative estimate of drug-likeness (QED) is 0.485. The van der Waals surface area contributed by atoms with Gasteiger partial charge < -0.3 is 9.73 Å². The molecule has 0 saturated carbocycles. The lowest BCUT2D eigenvalue weighted by Crippen LogP contribution is -2.13. The molecule has 1 amide bonds. The fourth-order valence-electron chi connectivity index (χ4n) is 2.88. The highest BCUT2D eigenvalue weighted by Gasteiger charge is 2.18. The molecule has 0 atom stereocenters. The number of anilines is 1. The van der Waals surface area contributed by atoms with Crippen molar-refractivity contribution in [2.75, 3.05) is 5.32 Å². The van der Waals surface area contributed by atoms with Gasteiger partial charge in [0.1, 0.15) is 17.5 Å². The average Bonchev–Trinajstić information content (AvgIpc) is 3.17. The van der Waals surface area contributed by atoms with E-state index >= 15 is 0 Å². The minimum absolute atomic E-state index is 0.0262. The molecule has 0 fully saturated rings. The van der Waals surface area contributed by atoms with E-state index in [0.29, 0.717) is 11.6 Å². The van der Waals surface area contributed by atoms with Crippen LogP contribution < -0.4 is 5.32 Å². The van der Waals surface area contributed by atoms with Gasteiger partial charge in [-0.1, -0.05) is 24.3 Å². The minimum Gasteiger partial charge on any atom is -0.436 e. The Morgan fingerprint density at radius 1 is 0.862 bits per heavy atom. The first-order valence-electron chi connectivity index (χ1n) is 8.59. The van der Waals surface area contributed by atoms with E-state index in [0.717, 1.165) is 12.1 Å². The highest BCUT2D eigenvalue weighted by molar-refractivity contribution is 6.08. The number of benzene rings is 3. The van der Waals surface area contributed by atoms with E-state index in [1.807, 2.05) is 0 Å². The van der Waals surface area contributed by atoms with Gasteiger partial charge in [0.15, 0.2) is 5.76 Å². The third-order valence-corrected chi connectivity index (χ3v) is 4.17. The summed E-state index contributed by atoms with van der Waals surface area (Å²) in [6.45, 7) is 0. The van der Waals surface area contributed by atoms with Crippen molar-refractivity contribution in [1.82, 2.24) is 4.98 Å². The second-order valence-corrected chi connectivity index (χ2v) is 6.17. The van der Waals surface area contributed by atoms with Gasteiger partial charge in [0.25, 0.3) is 5.91 Å². The molecule has 0 spiro atoms. The molecule has 4 nitrogen and oxygen atoms in total. The number of nitrogens with one attached hydrogen (secondary N) is 1. The van der Waals surface area contributed by atoms with Gasteiger partial charge in [-0.2, -0.15) is 0 Å². The number of aromatic nitrogens is 1. The fraction of sp³-hybridized carbons (Fsp3) is 0. The molecule has 1 heterocycles. The van der Waals surface area contributed by atoms with Crippen LogP contribution in [0.5, 0.6) is 0 Å². The molecule has 0 unspecified atom stereocenters. The van der Waals surface area contributed by atoms with E-state index in [1.165, 1.54) is 18.3 Å². The van der Waals surface area contributed by atoms with Crippen LogP contribution in [-0.4, -0.2) is 10.9 Å². The Kier molecular flexibility index (Phi) is 4.87. The van der Waals surface area contributed by atoms with Crippen LogP contribution in [0.4, 0.5) is 18.9 Å². The first kappa shape index (κ1) is 18.5. The number of hydrogen-bond donors (Lipinski definition) is 1. The average molecular weight is 394 g/mol. The zero-order chi connectivity index (χ0) is 20.4. The number of hydrogen-bond acceptors (Lipinski definition) is 3. The van der Waals surface area contributed by atoms with Gasteiger partial charge in [-0.05, 0) is 36.4 Å². The largest absolute Gasteiger partial charge is 0.436 e. The normalized spacial score (nSPS) is 10.7. The highest BCUT2D eigenvalue weighted by atomic mass is 19.1. The van der Waals surface area contributed by atoms with Gasteiger partial charge in [-0.15, -0.1) is 0 Å². The lowest BCUT2D eigenvalue weighted by atomic mass is 10.1. The maximum atomic E-state index is 14.0. The molecule has 0 radical (unpaired) electrons. The van der Waals surface area contributed by atoms with Crippen LogP contribution in [0.25, 0.3) is 22.8 Å². The van der Waals surface area contributed by atoms with Crippen LogP contribution in [0.1, 0.15) is 10.4 Å². The number of carbonyl (C=O) groups is 1. The van der Waals surface area contributed by atoms with E-state index in [2.05, 4.69) is 10.3 Å². The lowest BCUT2D eigenvalue weighted by Gasteiger charge is -2.08. The van der Waals surface area contributed by atoms with Gasteiger partial charge in [0, 0.05) is 17.3 Å². The lowest BCUT2D eigenvalue weighted by molar-refractivity contribution is 0.102. The number of carbonyl (C=O) groups excluding carboxylic acids is 1. The number of halogens is 3. The van der Waals surface area contributed by atoms with Crippen molar-refractivity contribution in [3.05, 3.63) is 95.9 Å². The molecule has 4 rings (SSSR count). The molecule has 0 aliphatic rings. The molecule has 144 valence electrons. The van der Waals surface area contributed by atoms with Crippen molar-refractivity contribution >= 4 is 11.6 Å². The van der Waals surface area contributed by atoms with Crippen LogP contribution in [0.3, 0.4) is 0 Å². The van der Waals surface area contributed by atoms with Crippen molar-refractivity contribution in [3.8, 4) is 22.8 Å². The summed E-state index contributed by atoms with van der Waals surface area (Å²) in [5.74, 6) is -2.36. The van der Waals surface area contributed by atoms with E-state index < -0.39 is 23.4 Å². The van der Waals surface area contributed by atoms with Crippen LogP contribution in [-0.2, 0) is 0 Å². The van der Waals surface area contributed by atoms with E-state index in [9.17, 15) is 18.0 Å². The number of amides is 1. The molecule has 0 saturated heterocycles. The van der Waals surface area contributed by atoms with Crippen molar-refractivity contribution < 1.29 is 22.4 Å². The molecule has 0 aliphatic heterocycles. The second-order valence-electron chi connectivity index (χ2n) is 6.17. The maximum Gasteiger partial charge on any atom is 0.256 e. The highest BCUT2D eigenvalue weighted by Crippen LogP contribution is 2.30. The SMILES string of the molecule is O=C(Nc1cc(F)cc(F)c1)c1ccccc1-c1ncc(-c2ccccc2F)o1. The van der Waals surface area contributed by atoms with E-state index in [-0.39, 0.29) is 28.5 Å². The maximum absolute atomic E-state index is 14.0. The molecule has 1 N–H and O–H groups in total. The Balaban J connectivity index is 1.67. The number of nitrogens with zero attached hydrogens (tertiary/aromatic N) is 1. The molecule has 1 aromatic heterocycles. The Labute approximate surface area is 163 Å². The van der Waals surface area contributed by atoms with Crippen LogP contribution in [0, 0.1) is 17.5 Å². The van der Waals surface area contributed by atoms with Crippen LogP contribution in [0.15, 0.2) is 77.3 Å². The predicted molar refractivity (Wildman–Crippen MR) is 102 cm³/mol. The van der Waals surface area contributed by atoms with Crippen molar-refractivity contribution in [2.24, 2.45) is 0 Å². The van der Waals surface area contributed by atoms with Crippen LogP contribution >= 0.6 is 0 Å². The summed E-state index contributed by atoms with van der Waals surface area (Å²) in [5, 5.41) is 2.45. The summed E-state index contributed by atoms with van der Waals surface area (Å²) in [7, 11) is 0. The molecule has 3 aromatic carbocycles. The van der Waals surface area contributed by atoms with Gasteiger partial charge in [-0.3, -0.25) is 4.79 Å². The third kappa shape index (κ3) is 3.89. The first-order chi connectivity index (χ1) is 14.0. The second kappa shape index (κ2) is 7.63. The van der Waals surface area contributed by atoms with Gasteiger partial charge in [0.05, 0.1) is 17.3 Å². The number of rotatable bonds is 4. The molecule has 29 heavy (non-hydrogen) atoms. The van der Waals surface area contributed by atoms with Crippen molar-refractivity contribution in [3.63, 3.8) is 0 Å². The zero-order valence-corrected chi connectivity index (χ0v) is 14.8. The summed E-state index contributed by atoms with van der Waals surface area (Å²) >= 11 is 0. The van der Waals surface area contributed by atoms with Crippen molar-refractivity contribution in [1.29, 1.82) is 0 Å². The standard InChI is InChI=1S/C22H13F3N2O2/c23-13-9-14(24)11-15(10-13)27-21(28)16-5-1-2-6-17(16)22-26-12-20(29-22)18-7-3-4-8-19(18)25/h1-12H,(H,27,28). The van der Waals surface area contributed by atoms with Gasteiger partial charge in [0.2, 0.25) is 5.89 Å². The number of oxazole rings is 1. The van der Waals surface area contributed by atoms with Crippen molar-refractivity contribution in [2.45, 2.75) is 0 Å². The zero-order valence-electron chi connectivity index (χ0n) is 14.8. The molecular formula is C22H13F3N2O2. The van der Waals surface area contributed by atoms with E-state index in [1.54, 1.807) is 36.4 Å². The van der Waals surface area contributed by atoms with Gasteiger partial charge >= 0.3 is 0 Å². The summed E-state index contributed by atoms with van der Waals surface area (Å²) < 4.78 is 46.4. The van der Waals surface area contributed by atoms with Crippen LogP contribution in [0.2, 0.25) is 0 Å². The van der Waals surface area contributed by atoms with Gasteiger partial charge in [-0.25, -0.2) is 18.2 Å². The summed E-state index contributed by atoms with van der Waals surface area (Å²) in [6, 6.07) is 15.2.